The van der Waals surface area contributed by atoms with E-state index in [-0.39, 0.29) is 5.92 Å². The van der Waals surface area contributed by atoms with Gasteiger partial charge in [-0.25, -0.2) is 0 Å². The highest BCUT2D eigenvalue weighted by Crippen LogP contribution is 2.17. The lowest BCUT2D eigenvalue weighted by atomic mass is 9.98. The Hall–Kier alpha value is -1.12. The van der Waals surface area contributed by atoms with E-state index in [1.54, 1.807) is 0 Å². The van der Waals surface area contributed by atoms with E-state index >= 15 is 0 Å². The quantitative estimate of drug-likeness (QED) is 0.271. The zero-order valence-electron chi connectivity index (χ0n) is 12.2. The first kappa shape index (κ1) is 17.9. The van der Waals surface area contributed by atoms with Crippen molar-refractivity contribution in [1.82, 2.24) is 0 Å². The van der Waals surface area contributed by atoms with Crippen LogP contribution in [0, 0.1) is 5.92 Å². The van der Waals surface area contributed by atoms with Crippen molar-refractivity contribution in [3.63, 3.8) is 0 Å². The molecule has 110 valence electrons. The lowest BCUT2D eigenvalue weighted by Crippen LogP contribution is -2.06. The van der Waals surface area contributed by atoms with Gasteiger partial charge in [-0.1, -0.05) is 45.6 Å². The van der Waals surface area contributed by atoms with E-state index in [1.165, 1.54) is 32.1 Å². The normalized spacial score (nSPS) is 10.4. The van der Waals surface area contributed by atoms with Crippen molar-refractivity contribution in [3.8, 4) is 0 Å². The Labute approximate surface area is 117 Å². The van der Waals surface area contributed by atoms with Crippen LogP contribution in [0.5, 0.6) is 0 Å². The maximum Gasteiger partial charge on any atom is 0.120 e. The highest BCUT2D eigenvalue weighted by Gasteiger charge is 2.10. The van der Waals surface area contributed by atoms with Crippen molar-refractivity contribution < 1.29 is 14.3 Å². The average molecular weight is 268 g/mol. The third kappa shape index (κ3) is 11.7. The van der Waals surface area contributed by atoms with Gasteiger partial charge in [0.1, 0.15) is 12.6 Å². The smallest absolute Gasteiger partial charge is 0.120 e. The predicted molar refractivity (Wildman–Crippen MR) is 77.9 cm³/mol. The van der Waals surface area contributed by atoms with E-state index in [2.05, 4.69) is 13.5 Å². The summed E-state index contributed by atoms with van der Waals surface area (Å²) in [6, 6.07) is 0. The predicted octanol–water partition coefficient (Wildman–Crippen LogP) is 4.06. The summed E-state index contributed by atoms with van der Waals surface area (Å²) in [6.45, 7) is 6.76. The van der Waals surface area contributed by atoms with Crippen LogP contribution >= 0.6 is 0 Å². The van der Waals surface area contributed by atoms with E-state index in [4.69, 9.17) is 4.74 Å². The maximum atomic E-state index is 10.5. The summed E-state index contributed by atoms with van der Waals surface area (Å²) in [5, 5.41) is 0. The van der Waals surface area contributed by atoms with Crippen LogP contribution in [-0.4, -0.2) is 19.2 Å². The van der Waals surface area contributed by atoms with E-state index in [9.17, 15) is 9.59 Å². The van der Waals surface area contributed by atoms with Crippen molar-refractivity contribution >= 4 is 12.6 Å². The Bertz CT molecular complexity index is 238. The van der Waals surface area contributed by atoms with E-state index in [1.807, 2.05) is 0 Å². The van der Waals surface area contributed by atoms with Crippen LogP contribution in [0.1, 0.15) is 64.7 Å². The van der Waals surface area contributed by atoms with Crippen molar-refractivity contribution in [2.24, 2.45) is 5.92 Å². The molecule has 0 aromatic carbocycles. The van der Waals surface area contributed by atoms with Gasteiger partial charge in [0.05, 0.1) is 12.4 Å². The summed E-state index contributed by atoms with van der Waals surface area (Å²) in [5.74, 6) is 0.745. The van der Waals surface area contributed by atoms with Gasteiger partial charge in [0.25, 0.3) is 0 Å². The van der Waals surface area contributed by atoms with Gasteiger partial charge in [-0.3, -0.25) is 0 Å². The van der Waals surface area contributed by atoms with Crippen LogP contribution in [0.25, 0.3) is 0 Å². The summed E-state index contributed by atoms with van der Waals surface area (Å²) < 4.78 is 5.55. The topological polar surface area (TPSA) is 43.4 Å². The van der Waals surface area contributed by atoms with Gasteiger partial charge >= 0.3 is 0 Å². The third-order valence-electron chi connectivity index (χ3n) is 3.18. The van der Waals surface area contributed by atoms with Crippen LogP contribution in [0.3, 0.4) is 0 Å². The average Bonchev–Trinajstić information content (AvgIpc) is 2.38. The molecule has 0 N–H and O–H groups in total. The van der Waals surface area contributed by atoms with Crippen LogP contribution in [0.2, 0.25) is 0 Å². The standard InChI is InChI=1S/C16H28O3/c1-3-4-5-6-7-8-13-19-15(2)14-16(9-11-17)10-12-18/h11-12,16H,2-10,13-14H2,1H3. The lowest BCUT2D eigenvalue weighted by molar-refractivity contribution is -0.110. The van der Waals surface area contributed by atoms with E-state index < -0.39 is 0 Å². The molecule has 0 aliphatic rings. The molecular weight excluding hydrogens is 240 g/mol. The molecule has 3 nitrogen and oxygen atoms in total. The number of carbonyl (C=O) groups is 2. The highest BCUT2D eigenvalue weighted by molar-refractivity contribution is 5.54. The number of unbranched alkanes of at least 4 members (excludes halogenated alkanes) is 5. The van der Waals surface area contributed by atoms with Crippen LogP contribution in [-0.2, 0) is 14.3 Å². The van der Waals surface area contributed by atoms with Crippen molar-refractivity contribution in [3.05, 3.63) is 12.3 Å². The number of aldehydes is 2. The Morgan fingerprint density at radius 2 is 1.63 bits per heavy atom. The van der Waals surface area contributed by atoms with Gasteiger partial charge in [0.15, 0.2) is 0 Å². The van der Waals surface area contributed by atoms with Crippen LogP contribution < -0.4 is 0 Å². The van der Waals surface area contributed by atoms with Gasteiger partial charge in [-0.2, -0.15) is 0 Å². The molecule has 0 amide bonds. The molecule has 0 aromatic heterocycles. The Morgan fingerprint density at radius 3 is 2.21 bits per heavy atom. The Balaban J connectivity index is 3.56. The molecule has 0 spiro atoms. The molecule has 0 fully saturated rings. The second kappa shape index (κ2) is 13.3. The fourth-order valence-corrected chi connectivity index (χ4v) is 2.01. The van der Waals surface area contributed by atoms with Crippen molar-refractivity contribution in [2.75, 3.05) is 6.61 Å². The third-order valence-corrected chi connectivity index (χ3v) is 3.18. The van der Waals surface area contributed by atoms with E-state index in [0.29, 0.717) is 31.6 Å². The minimum atomic E-state index is 0.0482. The molecule has 0 radical (unpaired) electrons. The van der Waals surface area contributed by atoms with Crippen LogP contribution in [0.4, 0.5) is 0 Å². The SMILES string of the molecule is C=C(CC(CC=O)CC=O)OCCCCCCCC. The van der Waals surface area contributed by atoms with Gasteiger partial charge in [-0.15, -0.1) is 0 Å². The summed E-state index contributed by atoms with van der Waals surface area (Å²) >= 11 is 0. The molecular formula is C16H28O3. The molecule has 0 heterocycles. The molecule has 0 bridgehead atoms. The first-order valence-electron chi connectivity index (χ1n) is 7.42. The second-order valence-electron chi connectivity index (χ2n) is 5.03. The number of hydrogen-bond acceptors (Lipinski definition) is 3. The summed E-state index contributed by atoms with van der Waals surface area (Å²) in [6.07, 6.45) is 10.5. The number of carbonyl (C=O) groups excluding carboxylic acids is 2. The monoisotopic (exact) mass is 268 g/mol. The number of hydrogen-bond donors (Lipinski definition) is 0. The van der Waals surface area contributed by atoms with Crippen molar-refractivity contribution in [2.45, 2.75) is 64.7 Å². The largest absolute Gasteiger partial charge is 0.499 e. The molecule has 0 aliphatic carbocycles. The van der Waals surface area contributed by atoms with Gasteiger partial charge in [0.2, 0.25) is 0 Å². The fourth-order valence-electron chi connectivity index (χ4n) is 2.01. The van der Waals surface area contributed by atoms with Gasteiger partial charge < -0.3 is 14.3 Å². The number of allylic oxidation sites excluding steroid dienone is 1. The second-order valence-corrected chi connectivity index (χ2v) is 5.03. The Morgan fingerprint density at radius 1 is 1.05 bits per heavy atom. The summed E-state index contributed by atoms with van der Waals surface area (Å²) in [4.78, 5) is 20.9. The maximum absolute atomic E-state index is 10.5. The van der Waals surface area contributed by atoms with Gasteiger partial charge in [-0.05, 0) is 12.3 Å². The fraction of sp³-hybridized carbons (Fsp3) is 0.750. The summed E-state index contributed by atoms with van der Waals surface area (Å²) in [5.41, 5.74) is 0. The van der Waals surface area contributed by atoms with Crippen LogP contribution in [0.15, 0.2) is 12.3 Å². The number of rotatable bonds is 14. The minimum Gasteiger partial charge on any atom is -0.499 e. The molecule has 0 rings (SSSR count). The molecule has 0 aliphatic heterocycles. The molecule has 0 atom stereocenters. The summed E-state index contributed by atoms with van der Waals surface area (Å²) in [7, 11) is 0. The molecule has 0 unspecified atom stereocenters. The minimum absolute atomic E-state index is 0.0482. The first-order chi connectivity index (χ1) is 9.24. The van der Waals surface area contributed by atoms with E-state index in [0.717, 1.165) is 19.0 Å². The lowest BCUT2D eigenvalue weighted by Gasteiger charge is -2.14. The highest BCUT2D eigenvalue weighted by atomic mass is 16.5. The van der Waals surface area contributed by atoms with Crippen molar-refractivity contribution in [1.29, 1.82) is 0 Å². The molecule has 19 heavy (non-hydrogen) atoms. The molecule has 0 aromatic rings. The molecule has 0 saturated carbocycles. The molecule has 3 heteroatoms. The zero-order chi connectivity index (χ0) is 14.3. The first-order valence-corrected chi connectivity index (χ1v) is 7.42. The molecule has 0 saturated heterocycles. The zero-order valence-corrected chi connectivity index (χ0v) is 12.2. The number of ether oxygens (including phenoxy) is 1. The Kier molecular flexibility index (Phi) is 12.5. The van der Waals surface area contributed by atoms with Gasteiger partial charge in [0, 0.05) is 19.3 Å².